The summed E-state index contributed by atoms with van der Waals surface area (Å²) in [6.45, 7) is 0. The van der Waals surface area contributed by atoms with Crippen LogP contribution in [-0.2, 0) is 10.6 Å². The third-order valence-electron chi connectivity index (χ3n) is 2.31. The van der Waals surface area contributed by atoms with Gasteiger partial charge in [0.05, 0.1) is 0 Å². The van der Waals surface area contributed by atoms with Crippen LogP contribution in [0.25, 0.3) is 0 Å². The summed E-state index contributed by atoms with van der Waals surface area (Å²) in [5, 5.41) is 46.1. The zero-order valence-electron chi connectivity index (χ0n) is 8.53. The maximum absolute atomic E-state index is 10.7. The summed E-state index contributed by atoms with van der Waals surface area (Å²) >= 11 is 0. The summed E-state index contributed by atoms with van der Waals surface area (Å²) in [5.74, 6) is -6.16. The number of nitrogens with two attached hydrogens (primary N) is 2. The predicted octanol–water partition coefficient (Wildman–Crippen LogP) is -2.07. The average Bonchev–Trinajstić information content (AvgIpc) is 2.21. The van der Waals surface area contributed by atoms with Crippen LogP contribution in [0.2, 0.25) is 0 Å². The van der Waals surface area contributed by atoms with Gasteiger partial charge in [-0.1, -0.05) is 0 Å². The maximum atomic E-state index is 10.7. The predicted molar refractivity (Wildman–Crippen MR) is 54.6 cm³/mol. The number of hydrogen-bond donors (Lipinski definition) is 7. The lowest BCUT2D eigenvalue weighted by atomic mass is 9.93. The van der Waals surface area contributed by atoms with Gasteiger partial charge in [-0.05, 0) is 18.2 Å². The summed E-state index contributed by atoms with van der Waals surface area (Å²) in [6, 6.07) is 2.64. The van der Waals surface area contributed by atoms with Crippen molar-refractivity contribution in [3.63, 3.8) is 0 Å². The number of phenols is 2. The number of aliphatic hydroxyl groups is 2. The molecule has 0 radical (unpaired) electrons. The zero-order valence-corrected chi connectivity index (χ0v) is 8.53. The number of carboxylic acid groups (broad SMARTS) is 1. The Balaban J connectivity index is 3.30. The molecule has 94 valence electrons. The highest BCUT2D eigenvalue weighted by atomic mass is 16.5. The van der Waals surface area contributed by atoms with Gasteiger partial charge in [0.25, 0.3) is 0 Å². The Hall–Kier alpha value is -1.87. The molecule has 0 spiro atoms. The van der Waals surface area contributed by atoms with Crippen molar-refractivity contribution in [1.29, 1.82) is 0 Å². The molecular weight excluding hydrogens is 232 g/mol. The molecule has 0 aliphatic rings. The molecule has 0 saturated carbocycles. The van der Waals surface area contributed by atoms with E-state index in [2.05, 4.69) is 0 Å². The summed E-state index contributed by atoms with van der Waals surface area (Å²) in [7, 11) is 0. The monoisotopic (exact) mass is 244 g/mol. The number of aromatic hydroxyl groups is 2. The summed E-state index contributed by atoms with van der Waals surface area (Å²) in [6.07, 6.45) is 0. The van der Waals surface area contributed by atoms with Gasteiger partial charge in [-0.25, -0.2) is 4.79 Å². The number of aliphatic carboxylic acids is 1. The van der Waals surface area contributed by atoms with Crippen LogP contribution in [-0.4, -0.2) is 37.2 Å². The molecule has 0 fully saturated rings. The van der Waals surface area contributed by atoms with Crippen LogP contribution in [0.1, 0.15) is 5.56 Å². The molecule has 0 aromatic heterocycles. The van der Waals surface area contributed by atoms with Gasteiger partial charge in [0.1, 0.15) is 0 Å². The Morgan fingerprint density at radius 1 is 1.12 bits per heavy atom. The third kappa shape index (κ3) is 2.01. The SMILES string of the molecule is NC(N)(C(=O)O)C(O)(O)c1ccc(O)c(O)c1. The molecule has 1 rings (SSSR count). The van der Waals surface area contributed by atoms with Crippen molar-refractivity contribution in [1.82, 2.24) is 0 Å². The van der Waals surface area contributed by atoms with E-state index in [9.17, 15) is 15.0 Å². The van der Waals surface area contributed by atoms with Crippen molar-refractivity contribution >= 4 is 5.97 Å². The van der Waals surface area contributed by atoms with Gasteiger partial charge in [-0.15, -0.1) is 0 Å². The van der Waals surface area contributed by atoms with Gasteiger partial charge >= 0.3 is 5.97 Å². The minimum absolute atomic E-state index is 0.472. The maximum Gasteiger partial charge on any atom is 0.344 e. The highest BCUT2D eigenvalue weighted by Crippen LogP contribution is 2.32. The van der Waals surface area contributed by atoms with Crippen LogP contribution >= 0.6 is 0 Å². The largest absolute Gasteiger partial charge is 0.504 e. The fourth-order valence-electron chi connectivity index (χ4n) is 1.13. The molecule has 0 amide bonds. The van der Waals surface area contributed by atoms with Crippen LogP contribution in [0, 0.1) is 0 Å². The van der Waals surface area contributed by atoms with E-state index in [1.165, 1.54) is 0 Å². The number of rotatable bonds is 3. The fourth-order valence-corrected chi connectivity index (χ4v) is 1.13. The molecule has 1 aromatic rings. The van der Waals surface area contributed by atoms with Gasteiger partial charge in [0.2, 0.25) is 11.4 Å². The van der Waals surface area contributed by atoms with Crippen molar-refractivity contribution in [2.75, 3.05) is 0 Å². The molecule has 1 aromatic carbocycles. The first kappa shape index (κ1) is 13.2. The fraction of sp³-hybridized carbons (Fsp3) is 0.222. The molecule has 0 atom stereocenters. The number of carboxylic acids is 1. The number of benzene rings is 1. The van der Waals surface area contributed by atoms with Gasteiger partial charge in [0, 0.05) is 5.56 Å². The number of phenolic OH excluding ortho intramolecular Hbond substituents is 2. The molecule has 0 saturated heterocycles. The normalized spacial score (nSPS) is 12.5. The quantitative estimate of drug-likeness (QED) is 0.235. The first-order valence-corrected chi connectivity index (χ1v) is 4.39. The van der Waals surface area contributed by atoms with Gasteiger partial charge in [0.15, 0.2) is 11.5 Å². The van der Waals surface area contributed by atoms with Crippen molar-refractivity contribution in [3.8, 4) is 11.5 Å². The molecular formula is C9H12N2O6. The van der Waals surface area contributed by atoms with Gasteiger partial charge < -0.3 is 25.5 Å². The zero-order chi connectivity index (χ0) is 13.4. The first-order valence-electron chi connectivity index (χ1n) is 4.39. The lowest BCUT2D eigenvalue weighted by Gasteiger charge is -2.34. The van der Waals surface area contributed by atoms with Crippen LogP contribution < -0.4 is 11.5 Å². The molecule has 0 heterocycles. The lowest BCUT2D eigenvalue weighted by Crippen LogP contribution is -2.70. The second-order valence-electron chi connectivity index (χ2n) is 3.55. The minimum atomic E-state index is -3.12. The van der Waals surface area contributed by atoms with E-state index in [1.54, 1.807) is 0 Å². The first-order chi connectivity index (χ1) is 7.60. The lowest BCUT2D eigenvalue weighted by molar-refractivity contribution is -0.225. The molecule has 0 aliphatic carbocycles. The van der Waals surface area contributed by atoms with E-state index in [0.717, 1.165) is 18.2 Å². The van der Waals surface area contributed by atoms with Crippen LogP contribution in [0.4, 0.5) is 0 Å². The van der Waals surface area contributed by atoms with Crippen molar-refractivity contribution in [2.45, 2.75) is 11.4 Å². The highest BCUT2D eigenvalue weighted by Gasteiger charge is 2.51. The Labute approximate surface area is 95.3 Å². The average molecular weight is 244 g/mol. The second kappa shape index (κ2) is 3.86. The minimum Gasteiger partial charge on any atom is -0.504 e. The molecule has 8 heteroatoms. The molecule has 8 nitrogen and oxygen atoms in total. The van der Waals surface area contributed by atoms with E-state index in [4.69, 9.17) is 26.8 Å². The second-order valence-corrected chi connectivity index (χ2v) is 3.55. The van der Waals surface area contributed by atoms with Crippen molar-refractivity contribution in [2.24, 2.45) is 11.5 Å². The summed E-state index contributed by atoms with van der Waals surface area (Å²) in [4.78, 5) is 10.7. The topological polar surface area (TPSA) is 170 Å². The van der Waals surface area contributed by atoms with E-state index in [0.29, 0.717) is 0 Å². The summed E-state index contributed by atoms with van der Waals surface area (Å²) < 4.78 is 0. The number of hydrogen-bond acceptors (Lipinski definition) is 7. The number of carbonyl (C=O) groups is 1. The molecule has 17 heavy (non-hydrogen) atoms. The van der Waals surface area contributed by atoms with E-state index in [1.807, 2.05) is 0 Å². The highest BCUT2D eigenvalue weighted by molar-refractivity contribution is 5.79. The molecule has 0 aliphatic heterocycles. The van der Waals surface area contributed by atoms with E-state index >= 15 is 0 Å². The van der Waals surface area contributed by atoms with E-state index in [-0.39, 0.29) is 0 Å². The summed E-state index contributed by atoms with van der Waals surface area (Å²) in [5.41, 5.74) is 6.83. The Bertz CT molecular complexity index is 457. The molecule has 9 N–H and O–H groups in total. The van der Waals surface area contributed by atoms with Crippen LogP contribution in [0.3, 0.4) is 0 Å². The molecule has 0 unspecified atom stereocenters. The molecule has 0 bridgehead atoms. The third-order valence-corrected chi connectivity index (χ3v) is 2.31. The van der Waals surface area contributed by atoms with Crippen LogP contribution in [0.15, 0.2) is 18.2 Å². The Kier molecular flexibility index (Phi) is 2.99. The van der Waals surface area contributed by atoms with Crippen LogP contribution in [0.5, 0.6) is 11.5 Å². The Morgan fingerprint density at radius 2 is 1.65 bits per heavy atom. The smallest absolute Gasteiger partial charge is 0.344 e. The van der Waals surface area contributed by atoms with E-state index < -0.39 is 34.5 Å². The van der Waals surface area contributed by atoms with Crippen molar-refractivity contribution in [3.05, 3.63) is 23.8 Å². The standard InChI is InChI=1S/C9H12N2O6/c10-8(11,7(14)15)9(16,17)4-1-2-5(12)6(13)3-4/h1-3,12-13,16-17H,10-11H2,(H,14,15). The van der Waals surface area contributed by atoms with Crippen molar-refractivity contribution < 1.29 is 30.3 Å². The van der Waals surface area contributed by atoms with Gasteiger partial charge in [-0.3, -0.25) is 11.5 Å². The Morgan fingerprint density at radius 3 is 2.06 bits per heavy atom. The van der Waals surface area contributed by atoms with Gasteiger partial charge in [-0.2, -0.15) is 0 Å².